The maximum absolute atomic E-state index is 11.1. The molecule has 3 aromatic heterocycles. The van der Waals surface area contributed by atoms with Crippen molar-refractivity contribution in [1.29, 1.82) is 0 Å². The smallest absolute Gasteiger partial charge is 0.154 e. The van der Waals surface area contributed by atoms with Crippen LogP contribution in [-0.2, 0) is 12.6 Å². The Morgan fingerprint density at radius 2 is 2.00 bits per heavy atom. The predicted octanol–water partition coefficient (Wildman–Crippen LogP) is 2.53. The second-order valence-corrected chi connectivity index (χ2v) is 6.07. The lowest BCUT2D eigenvalue weighted by Gasteiger charge is -2.23. The summed E-state index contributed by atoms with van der Waals surface area (Å²) in [6.07, 6.45) is 3.39. The van der Waals surface area contributed by atoms with E-state index in [1.165, 1.54) is 0 Å². The minimum atomic E-state index is -1.26. The number of hydrogen-bond donors (Lipinski definition) is 1. The molecule has 0 amide bonds. The molecule has 1 N–H and O–H groups in total. The van der Waals surface area contributed by atoms with Gasteiger partial charge in [-0.3, -0.25) is 4.68 Å². The Hall–Kier alpha value is -2.44. The molecule has 7 heteroatoms. The normalized spacial score (nSPS) is 14.4. The first-order chi connectivity index (χ1) is 11.0. The molecule has 116 valence electrons. The summed E-state index contributed by atoms with van der Waals surface area (Å²) in [6.45, 7) is 1.72. The molecule has 0 spiro atoms. The Morgan fingerprint density at radius 1 is 1.17 bits per heavy atom. The zero-order valence-electron chi connectivity index (χ0n) is 12.6. The van der Waals surface area contributed by atoms with Crippen molar-refractivity contribution in [2.24, 2.45) is 7.05 Å². The van der Waals surface area contributed by atoms with Crippen molar-refractivity contribution in [3.63, 3.8) is 0 Å². The summed E-state index contributed by atoms with van der Waals surface area (Å²) in [5.74, 6) is 0. The summed E-state index contributed by atoms with van der Waals surface area (Å²) in [6, 6.07) is 9.18. The minimum absolute atomic E-state index is 0.343. The summed E-state index contributed by atoms with van der Waals surface area (Å²) in [7, 11) is 1.89. The number of imidazole rings is 1. The summed E-state index contributed by atoms with van der Waals surface area (Å²) in [5, 5.41) is 20.9. The number of aliphatic hydroxyl groups is 1. The minimum Gasteiger partial charge on any atom is -0.379 e. The van der Waals surface area contributed by atoms with Gasteiger partial charge in [-0.05, 0) is 36.8 Å². The molecular weight excluding hydrogens is 314 g/mol. The second kappa shape index (κ2) is 4.78. The van der Waals surface area contributed by atoms with Gasteiger partial charge >= 0.3 is 0 Å². The van der Waals surface area contributed by atoms with Crippen LogP contribution in [0.2, 0.25) is 5.15 Å². The lowest BCUT2D eigenvalue weighted by Crippen LogP contribution is -2.25. The number of nitrogens with zero attached hydrogens (tertiary/aromatic N) is 5. The van der Waals surface area contributed by atoms with Gasteiger partial charge < -0.3 is 5.11 Å². The van der Waals surface area contributed by atoms with E-state index in [1.807, 2.05) is 25.2 Å². The summed E-state index contributed by atoms with van der Waals surface area (Å²) in [4.78, 5) is 4.28. The van der Waals surface area contributed by atoms with Crippen molar-refractivity contribution >= 4 is 28.2 Å². The quantitative estimate of drug-likeness (QED) is 0.614. The highest BCUT2D eigenvalue weighted by molar-refractivity contribution is 6.29. The lowest BCUT2D eigenvalue weighted by atomic mass is 9.92. The first kappa shape index (κ1) is 14.2. The fourth-order valence-corrected chi connectivity index (χ4v) is 2.94. The van der Waals surface area contributed by atoms with E-state index in [2.05, 4.69) is 15.2 Å². The SMILES string of the molecule is Cn1ncc2cc([C@](C)(O)c3cnc4ccc(Cl)nn34)ccc21. The molecule has 0 saturated carbocycles. The van der Waals surface area contributed by atoms with Gasteiger partial charge in [0.05, 0.1) is 23.6 Å². The number of aromatic nitrogens is 5. The molecule has 4 aromatic rings. The summed E-state index contributed by atoms with van der Waals surface area (Å²) >= 11 is 5.97. The van der Waals surface area contributed by atoms with Gasteiger partial charge in [0.15, 0.2) is 5.65 Å². The van der Waals surface area contributed by atoms with Crippen molar-refractivity contribution in [3.8, 4) is 0 Å². The fraction of sp³-hybridized carbons (Fsp3) is 0.188. The molecule has 0 bridgehead atoms. The van der Waals surface area contributed by atoms with E-state index in [1.54, 1.807) is 40.6 Å². The highest BCUT2D eigenvalue weighted by Crippen LogP contribution is 2.31. The van der Waals surface area contributed by atoms with Crippen molar-refractivity contribution < 1.29 is 5.11 Å². The third-order valence-electron chi connectivity index (χ3n) is 4.14. The van der Waals surface area contributed by atoms with Gasteiger partial charge in [-0.25, -0.2) is 9.50 Å². The zero-order chi connectivity index (χ0) is 16.2. The largest absolute Gasteiger partial charge is 0.379 e. The Labute approximate surface area is 136 Å². The van der Waals surface area contributed by atoms with Crippen molar-refractivity contribution in [2.45, 2.75) is 12.5 Å². The van der Waals surface area contributed by atoms with E-state index >= 15 is 0 Å². The summed E-state index contributed by atoms with van der Waals surface area (Å²) in [5.41, 5.74) is 1.66. The van der Waals surface area contributed by atoms with Crippen LogP contribution in [0.3, 0.4) is 0 Å². The van der Waals surface area contributed by atoms with Crippen LogP contribution in [0.5, 0.6) is 0 Å². The highest BCUT2D eigenvalue weighted by atomic mass is 35.5. The topological polar surface area (TPSA) is 68.2 Å². The van der Waals surface area contributed by atoms with E-state index in [0.717, 1.165) is 16.5 Å². The van der Waals surface area contributed by atoms with Gasteiger partial charge in [0, 0.05) is 12.4 Å². The average Bonchev–Trinajstić information content (AvgIpc) is 3.11. The van der Waals surface area contributed by atoms with Crippen LogP contribution < -0.4 is 0 Å². The second-order valence-electron chi connectivity index (χ2n) is 5.68. The van der Waals surface area contributed by atoms with Crippen LogP contribution in [0.1, 0.15) is 18.2 Å². The lowest BCUT2D eigenvalue weighted by molar-refractivity contribution is 0.0954. The fourth-order valence-electron chi connectivity index (χ4n) is 2.80. The third kappa shape index (κ3) is 2.10. The number of hydrogen-bond acceptors (Lipinski definition) is 4. The molecule has 3 heterocycles. The standard InChI is InChI=1S/C16H14ClN5O/c1-16(23,11-3-4-12-10(7-11)8-19-21(12)2)13-9-18-15-6-5-14(17)20-22(13)15/h3-9,23H,1-2H3/t16-/m0/s1. The molecule has 6 nitrogen and oxygen atoms in total. The maximum atomic E-state index is 11.1. The first-order valence-electron chi connectivity index (χ1n) is 7.12. The zero-order valence-corrected chi connectivity index (χ0v) is 13.4. The van der Waals surface area contributed by atoms with E-state index in [0.29, 0.717) is 16.5 Å². The maximum Gasteiger partial charge on any atom is 0.154 e. The van der Waals surface area contributed by atoms with Crippen LogP contribution in [0.15, 0.2) is 42.7 Å². The Balaban J connectivity index is 1.91. The Morgan fingerprint density at radius 3 is 2.83 bits per heavy atom. The monoisotopic (exact) mass is 327 g/mol. The molecule has 0 aliphatic rings. The predicted molar refractivity (Wildman–Crippen MR) is 87.4 cm³/mol. The van der Waals surface area contributed by atoms with Gasteiger partial charge in [-0.1, -0.05) is 17.7 Å². The van der Waals surface area contributed by atoms with E-state index in [4.69, 9.17) is 11.6 Å². The first-order valence-corrected chi connectivity index (χ1v) is 7.50. The van der Waals surface area contributed by atoms with E-state index < -0.39 is 5.60 Å². The van der Waals surface area contributed by atoms with Crippen LogP contribution in [0.25, 0.3) is 16.6 Å². The third-order valence-corrected chi connectivity index (χ3v) is 4.34. The van der Waals surface area contributed by atoms with Crippen LogP contribution in [0, 0.1) is 0 Å². The van der Waals surface area contributed by atoms with Gasteiger partial charge in [0.25, 0.3) is 0 Å². The summed E-state index contributed by atoms with van der Waals surface area (Å²) < 4.78 is 3.36. The molecule has 0 radical (unpaired) electrons. The van der Waals surface area contributed by atoms with Crippen LogP contribution >= 0.6 is 11.6 Å². The van der Waals surface area contributed by atoms with E-state index in [-0.39, 0.29) is 0 Å². The van der Waals surface area contributed by atoms with Crippen LogP contribution in [-0.4, -0.2) is 29.5 Å². The molecule has 1 aromatic carbocycles. The highest BCUT2D eigenvalue weighted by Gasteiger charge is 2.30. The molecule has 0 saturated heterocycles. The number of halogens is 1. The van der Waals surface area contributed by atoms with Crippen LogP contribution in [0.4, 0.5) is 0 Å². The van der Waals surface area contributed by atoms with Crippen molar-refractivity contribution in [2.75, 3.05) is 0 Å². The van der Waals surface area contributed by atoms with Gasteiger partial charge in [-0.2, -0.15) is 10.2 Å². The molecule has 23 heavy (non-hydrogen) atoms. The number of benzene rings is 1. The van der Waals surface area contributed by atoms with Crippen molar-refractivity contribution in [1.82, 2.24) is 24.4 Å². The van der Waals surface area contributed by atoms with Gasteiger partial charge in [0.2, 0.25) is 0 Å². The molecule has 4 rings (SSSR count). The Kier molecular flexibility index (Phi) is 2.94. The number of fused-ring (bicyclic) bond motifs is 2. The molecule has 1 atom stereocenters. The Bertz CT molecular complexity index is 1030. The number of rotatable bonds is 2. The average molecular weight is 328 g/mol. The molecular formula is C16H14ClN5O. The van der Waals surface area contributed by atoms with Gasteiger partial charge in [-0.15, -0.1) is 0 Å². The molecule has 0 aliphatic heterocycles. The van der Waals surface area contributed by atoms with Gasteiger partial charge in [0.1, 0.15) is 10.8 Å². The van der Waals surface area contributed by atoms with Crippen molar-refractivity contribution in [3.05, 3.63) is 59.1 Å². The molecule has 0 fully saturated rings. The van der Waals surface area contributed by atoms with E-state index in [9.17, 15) is 5.11 Å². The number of aryl methyl sites for hydroxylation is 1. The molecule has 0 unspecified atom stereocenters. The molecule has 0 aliphatic carbocycles.